The number of aromatic nitrogens is 4. The van der Waals surface area contributed by atoms with Gasteiger partial charge in [0.25, 0.3) is 0 Å². The van der Waals surface area contributed by atoms with Crippen molar-refractivity contribution in [1.29, 1.82) is 0 Å². The Morgan fingerprint density at radius 2 is 1.97 bits per heavy atom. The van der Waals surface area contributed by atoms with Crippen molar-refractivity contribution in [3.05, 3.63) is 72.7 Å². The second-order valence-corrected chi connectivity index (χ2v) is 9.96. The maximum Gasteiger partial charge on any atom is 0.150 e. The summed E-state index contributed by atoms with van der Waals surface area (Å²) >= 11 is 0. The van der Waals surface area contributed by atoms with Crippen LogP contribution in [-0.2, 0) is 17.8 Å². The smallest absolute Gasteiger partial charge is 0.150 e. The van der Waals surface area contributed by atoms with Crippen LogP contribution >= 0.6 is 0 Å². The molecule has 2 saturated heterocycles. The fourth-order valence-corrected chi connectivity index (χ4v) is 5.62. The third-order valence-corrected chi connectivity index (χ3v) is 7.45. The number of rotatable bonds is 6. The SMILES string of the molecule is C[C@H]1C[C@H](Cn2ccc3nc(-c4cnn(C5CCCCO5)c4)ccc32)CN1Cc1ccccc1. The van der Waals surface area contributed by atoms with E-state index < -0.39 is 0 Å². The lowest BCUT2D eigenvalue weighted by molar-refractivity contribution is -0.0394. The molecule has 2 aliphatic rings. The standard InChI is InChI=1S/C28H33N5O/c1-21-15-23(19-32(21)17-22-7-3-2-4-8-22)18-31-13-12-26-27(31)11-10-25(30-26)24-16-29-33(20-24)28-9-5-6-14-34-28/h2-4,7-8,10-13,16,20-21,23,28H,5-6,9,14-15,17-19H2,1H3/t21-,23+,28?/m0/s1. The van der Waals surface area contributed by atoms with Crippen molar-refractivity contribution in [2.24, 2.45) is 5.92 Å². The molecule has 6 heteroatoms. The molecule has 5 heterocycles. The van der Waals surface area contributed by atoms with Crippen LogP contribution in [0.5, 0.6) is 0 Å². The maximum atomic E-state index is 5.87. The number of nitrogens with zero attached hydrogens (tertiary/aromatic N) is 5. The van der Waals surface area contributed by atoms with Crippen molar-refractivity contribution >= 4 is 11.0 Å². The van der Waals surface area contributed by atoms with Gasteiger partial charge in [-0.2, -0.15) is 5.10 Å². The molecule has 6 rings (SSSR count). The highest BCUT2D eigenvalue weighted by molar-refractivity contribution is 5.79. The zero-order valence-corrected chi connectivity index (χ0v) is 19.9. The van der Waals surface area contributed by atoms with Crippen molar-refractivity contribution < 1.29 is 4.74 Å². The monoisotopic (exact) mass is 455 g/mol. The van der Waals surface area contributed by atoms with E-state index in [0.29, 0.717) is 12.0 Å². The van der Waals surface area contributed by atoms with E-state index in [1.165, 1.54) is 23.9 Å². The Labute approximate surface area is 201 Å². The van der Waals surface area contributed by atoms with Crippen LogP contribution in [0.25, 0.3) is 22.3 Å². The summed E-state index contributed by atoms with van der Waals surface area (Å²) in [6.45, 7) is 6.40. The highest BCUT2D eigenvalue weighted by Gasteiger charge is 2.29. The lowest BCUT2D eigenvalue weighted by Gasteiger charge is -2.22. The van der Waals surface area contributed by atoms with Gasteiger partial charge in [-0.1, -0.05) is 30.3 Å². The van der Waals surface area contributed by atoms with E-state index in [1.54, 1.807) is 0 Å². The Morgan fingerprint density at radius 3 is 2.82 bits per heavy atom. The van der Waals surface area contributed by atoms with Crippen LogP contribution in [0.15, 0.2) is 67.1 Å². The van der Waals surface area contributed by atoms with Gasteiger partial charge in [-0.05, 0) is 62.3 Å². The molecule has 3 aromatic heterocycles. The van der Waals surface area contributed by atoms with Gasteiger partial charge in [0, 0.05) is 50.2 Å². The number of fused-ring (bicyclic) bond motifs is 1. The van der Waals surface area contributed by atoms with Gasteiger partial charge in [0.1, 0.15) is 6.23 Å². The zero-order chi connectivity index (χ0) is 22.9. The van der Waals surface area contributed by atoms with Gasteiger partial charge < -0.3 is 9.30 Å². The van der Waals surface area contributed by atoms with Gasteiger partial charge in [0.2, 0.25) is 0 Å². The van der Waals surface area contributed by atoms with Gasteiger partial charge >= 0.3 is 0 Å². The summed E-state index contributed by atoms with van der Waals surface area (Å²) in [5.74, 6) is 0.655. The van der Waals surface area contributed by atoms with Crippen LogP contribution in [0.3, 0.4) is 0 Å². The average molecular weight is 456 g/mol. The Hall–Kier alpha value is -2.96. The molecule has 2 aliphatic heterocycles. The Balaban J connectivity index is 1.14. The van der Waals surface area contributed by atoms with Crippen molar-refractivity contribution in [2.75, 3.05) is 13.2 Å². The first-order valence-electron chi connectivity index (χ1n) is 12.6. The molecule has 0 aliphatic carbocycles. The van der Waals surface area contributed by atoms with E-state index >= 15 is 0 Å². The summed E-state index contributed by atoms with van der Waals surface area (Å²) in [6, 6.07) is 17.9. The number of likely N-dealkylation sites (tertiary alicyclic amines) is 1. The maximum absolute atomic E-state index is 5.87. The Morgan fingerprint density at radius 1 is 1.06 bits per heavy atom. The van der Waals surface area contributed by atoms with Crippen molar-refractivity contribution in [3.63, 3.8) is 0 Å². The van der Waals surface area contributed by atoms with Crippen molar-refractivity contribution in [3.8, 4) is 11.3 Å². The molecule has 1 aromatic carbocycles. The lowest BCUT2D eigenvalue weighted by atomic mass is 10.1. The first kappa shape index (κ1) is 21.6. The molecule has 0 saturated carbocycles. The number of benzene rings is 1. The fourth-order valence-electron chi connectivity index (χ4n) is 5.62. The van der Waals surface area contributed by atoms with Crippen LogP contribution in [-0.4, -0.2) is 43.4 Å². The van der Waals surface area contributed by atoms with Gasteiger partial charge in [0.15, 0.2) is 0 Å². The summed E-state index contributed by atoms with van der Waals surface area (Å²) in [5.41, 5.74) is 5.67. The van der Waals surface area contributed by atoms with Gasteiger partial charge in [-0.25, -0.2) is 9.67 Å². The first-order valence-corrected chi connectivity index (χ1v) is 12.6. The zero-order valence-electron chi connectivity index (χ0n) is 19.9. The molecule has 6 nitrogen and oxygen atoms in total. The third-order valence-electron chi connectivity index (χ3n) is 7.45. The molecular formula is C28H33N5O. The van der Waals surface area contributed by atoms with E-state index in [9.17, 15) is 0 Å². The minimum absolute atomic E-state index is 0.0579. The van der Waals surface area contributed by atoms with E-state index in [-0.39, 0.29) is 6.23 Å². The quantitative estimate of drug-likeness (QED) is 0.385. The minimum Gasteiger partial charge on any atom is -0.357 e. The molecule has 4 aromatic rings. The molecule has 0 amide bonds. The molecule has 0 bridgehead atoms. The summed E-state index contributed by atoms with van der Waals surface area (Å²) in [7, 11) is 0. The van der Waals surface area contributed by atoms with Crippen molar-refractivity contribution in [2.45, 2.75) is 58.0 Å². The number of ether oxygens (including phenoxy) is 1. The summed E-state index contributed by atoms with van der Waals surface area (Å²) in [6.07, 6.45) is 10.8. The van der Waals surface area contributed by atoms with Crippen LogP contribution in [0.4, 0.5) is 0 Å². The van der Waals surface area contributed by atoms with E-state index in [1.807, 2.05) is 10.9 Å². The second kappa shape index (κ2) is 9.35. The predicted octanol–water partition coefficient (Wildman–Crippen LogP) is 5.51. The molecule has 0 radical (unpaired) electrons. The summed E-state index contributed by atoms with van der Waals surface area (Å²) in [5, 5.41) is 4.56. The minimum atomic E-state index is 0.0579. The predicted molar refractivity (Wildman–Crippen MR) is 134 cm³/mol. The second-order valence-electron chi connectivity index (χ2n) is 9.96. The molecule has 176 valence electrons. The first-order chi connectivity index (χ1) is 16.7. The molecule has 3 atom stereocenters. The van der Waals surface area contributed by atoms with Crippen LogP contribution < -0.4 is 0 Å². The van der Waals surface area contributed by atoms with Crippen LogP contribution in [0.2, 0.25) is 0 Å². The Bertz CT molecular complexity index is 1240. The summed E-state index contributed by atoms with van der Waals surface area (Å²) < 4.78 is 10.2. The fraction of sp³-hybridized carbons (Fsp3) is 0.429. The van der Waals surface area contributed by atoms with E-state index in [0.717, 1.165) is 55.9 Å². The van der Waals surface area contributed by atoms with Crippen LogP contribution in [0, 0.1) is 5.92 Å². The lowest BCUT2D eigenvalue weighted by Crippen LogP contribution is -2.26. The van der Waals surface area contributed by atoms with E-state index in [2.05, 4.69) is 82.4 Å². The van der Waals surface area contributed by atoms with Gasteiger partial charge in [0.05, 0.1) is 22.9 Å². The Kier molecular flexibility index (Phi) is 5.93. The van der Waals surface area contributed by atoms with E-state index in [4.69, 9.17) is 9.72 Å². The largest absolute Gasteiger partial charge is 0.357 e. The number of hydrogen-bond acceptors (Lipinski definition) is 4. The summed E-state index contributed by atoms with van der Waals surface area (Å²) in [4.78, 5) is 7.58. The average Bonchev–Trinajstić information content (AvgIpc) is 3.60. The highest BCUT2D eigenvalue weighted by Crippen LogP contribution is 2.29. The number of pyridine rings is 1. The number of hydrogen-bond donors (Lipinski definition) is 0. The topological polar surface area (TPSA) is 48.1 Å². The molecule has 0 spiro atoms. The van der Waals surface area contributed by atoms with Gasteiger partial charge in [-0.3, -0.25) is 4.90 Å². The normalized spacial score (nSPS) is 23.6. The molecule has 1 unspecified atom stereocenters. The highest BCUT2D eigenvalue weighted by atomic mass is 16.5. The molecule has 2 fully saturated rings. The van der Waals surface area contributed by atoms with Gasteiger partial charge in [-0.15, -0.1) is 0 Å². The molecule has 0 N–H and O–H groups in total. The molecule has 34 heavy (non-hydrogen) atoms. The van der Waals surface area contributed by atoms with Crippen LogP contribution in [0.1, 0.15) is 44.4 Å². The van der Waals surface area contributed by atoms with Crippen molar-refractivity contribution in [1.82, 2.24) is 24.2 Å². The third kappa shape index (κ3) is 4.40. The molecular weight excluding hydrogens is 422 g/mol.